The van der Waals surface area contributed by atoms with Crippen molar-refractivity contribution in [3.05, 3.63) is 53.4 Å². The first-order chi connectivity index (χ1) is 11.6. The van der Waals surface area contributed by atoms with Crippen LogP contribution >= 0.6 is 11.6 Å². The second kappa shape index (κ2) is 7.40. The Morgan fingerprint density at radius 2 is 1.83 bits per heavy atom. The minimum absolute atomic E-state index is 0.0179. The van der Waals surface area contributed by atoms with Crippen LogP contribution in [0.5, 0.6) is 0 Å². The fourth-order valence-corrected chi connectivity index (χ4v) is 2.81. The number of likely N-dealkylation sites (tertiary alicyclic amines) is 1. The first kappa shape index (κ1) is 16.4. The molecular formula is C17H17ClN4O2. The van der Waals surface area contributed by atoms with Gasteiger partial charge in [0.25, 0.3) is 5.91 Å². The van der Waals surface area contributed by atoms with E-state index in [1.165, 1.54) is 6.20 Å². The molecule has 1 aliphatic rings. The molecule has 1 N–H and O–H groups in total. The minimum Gasteiger partial charge on any atom is -0.339 e. The molecule has 0 unspecified atom stereocenters. The summed E-state index contributed by atoms with van der Waals surface area (Å²) in [5.41, 5.74) is 0.623. The first-order valence-electron chi connectivity index (χ1n) is 7.75. The Morgan fingerprint density at radius 3 is 2.46 bits per heavy atom. The molecule has 0 atom stereocenters. The first-order valence-corrected chi connectivity index (χ1v) is 8.13. The number of rotatable bonds is 3. The van der Waals surface area contributed by atoms with E-state index in [0.717, 1.165) is 0 Å². The quantitative estimate of drug-likeness (QED) is 0.928. The average Bonchev–Trinajstić information content (AvgIpc) is 2.64. The van der Waals surface area contributed by atoms with Crippen LogP contribution in [0.15, 0.2) is 42.9 Å². The molecular weight excluding hydrogens is 328 g/mol. The van der Waals surface area contributed by atoms with Crippen LogP contribution in [0.1, 0.15) is 23.2 Å². The molecule has 2 aromatic rings. The average molecular weight is 345 g/mol. The van der Waals surface area contributed by atoms with E-state index in [1.807, 2.05) is 0 Å². The Labute approximate surface area is 144 Å². The minimum atomic E-state index is -0.121. The summed E-state index contributed by atoms with van der Waals surface area (Å²) < 4.78 is 0. The van der Waals surface area contributed by atoms with Gasteiger partial charge >= 0.3 is 0 Å². The van der Waals surface area contributed by atoms with Crippen molar-refractivity contribution in [1.29, 1.82) is 0 Å². The summed E-state index contributed by atoms with van der Waals surface area (Å²) in [6.45, 7) is 1.13. The van der Waals surface area contributed by atoms with E-state index in [-0.39, 0.29) is 17.7 Å². The Hall–Kier alpha value is -2.47. The lowest BCUT2D eigenvalue weighted by molar-refractivity contribution is -0.121. The molecule has 0 aromatic carbocycles. The van der Waals surface area contributed by atoms with Gasteiger partial charge in [-0.1, -0.05) is 11.6 Å². The lowest BCUT2D eigenvalue weighted by Crippen LogP contribution is -2.41. The van der Waals surface area contributed by atoms with Crippen molar-refractivity contribution in [3.8, 4) is 0 Å². The van der Waals surface area contributed by atoms with Gasteiger partial charge in [0.1, 0.15) is 5.82 Å². The van der Waals surface area contributed by atoms with Crippen molar-refractivity contribution >= 4 is 29.2 Å². The predicted octanol–water partition coefficient (Wildman–Crippen LogP) is 2.62. The highest BCUT2D eigenvalue weighted by molar-refractivity contribution is 6.30. The van der Waals surface area contributed by atoms with Crippen LogP contribution in [0, 0.1) is 5.92 Å². The van der Waals surface area contributed by atoms with Gasteiger partial charge in [0, 0.05) is 43.2 Å². The number of nitrogens with zero attached hydrogens (tertiary/aromatic N) is 3. The van der Waals surface area contributed by atoms with E-state index < -0.39 is 0 Å². The number of carbonyl (C=O) groups excluding carboxylic acids is 2. The molecule has 2 amide bonds. The highest BCUT2D eigenvalue weighted by atomic mass is 35.5. The maximum atomic E-state index is 12.4. The lowest BCUT2D eigenvalue weighted by atomic mass is 9.95. The second-order valence-electron chi connectivity index (χ2n) is 5.65. The molecule has 0 aliphatic carbocycles. The number of amides is 2. The van der Waals surface area contributed by atoms with E-state index in [0.29, 0.717) is 42.3 Å². The largest absolute Gasteiger partial charge is 0.339 e. The number of hydrogen-bond acceptors (Lipinski definition) is 4. The smallest absolute Gasteiger partial charge is 0.253 e. The third kappa shape index (κ3) is 3.89. The van der Waals surface area contributed by atoms with Gasteiger partial charge < -0.3 is 10.2 Å². The second-order valence-corrected chi connectivity index (χ2v) is 6.09. The van der Waals surface area contributed by atoms with E-state index in [9.17, 15) is 9.59 Å². The van der Waals surface area contributed by atoms with Crippen molar-refractivity contribution in [1.82, 2.24) is 14.9 Å². The molecule has 0 bridgehead atoms. The molecule has 124 valence electrons. The lowest BCUT2D eigenvalue weighted by Gasteiger charge is -2.31. The monoisotopic (exact) mass is 344 g/mol. The molecule has 0 radical (unpaired) electrons. The molecule has 2 aromatic heterocycles. The predicted molar refractivity (Wildman–Crippen MR) is 90.7 cm³/mol. The maximum absolute atomic E-state index is 12.4. The normalized spacial score (nSPS) is 15.1. The third-order valence-corrected chi connectivity index (χ3v) is 4.28. The third-order valence-electron chi connectivity index (χ3n) is 4.06. The van der Waals surface area contributed by atoms with Crippen LogP contribution in [-0.2, 0) is 4.79 Å². The molecule has 7 heteroatoms. The number of halogens is 1. The number of aromatic nitrogens is 2. The molecule has 1 fully saturated rings. The Balaban J connectivity index is 1.54. The van der Waals surface area contributed by atoms with Crippen molar-refractivity contribution in [2.75, 3.05) is 18.4 Å². The number of carbonyl (C=O) groups is 2. The summed E-state index contributed by atoms with van der Waals surface area (Å²) in [6.07, 6.45) is 5.97. The highest BCUT2D eigenvalue weighted by Gasteiger charge is 2.28. The summed E-state index contributed by atoms with van der Waals surface area (Å²) in [5, 5.41) is 3.32. The molecule has 6 nitrogen and oxygen atoms in total. The summed E-state index contributed by atoms with van der Waals surface area (Å²) in [5.74, 6) is 0.278. The van der Waals surface area contributed by atoms with Crippen LogP contribution in [0.25, 0.3) is 0 Å². The van der Waals surface area contributed by atoms with Crippen molar-refractivity contribution in [2.24, 2.45) is 5.92 Å². The standard InChI is InChI=1S/C17H17ClN4O2/c18-14-1-2-15(20-11-14)21-16(23)12-5-9-22(10-6-12)17(24)13-3-7-19-8-4-13/h1-4,7-8,11-12H,5-6,9-10H2,(H,20,21,23). The van der Waals surface area contributed by atoms with Gasteiger partial charge in [0.15, 0.2) is 0 Å². The van der Waals surface area contributed by atoms with E-state index in [1.54, 1.807) is 41.6 Å². The fourth-order valence-electron chi connectivity index (χ4n) is 2.70. The summed E-state index contributed by atoms with van der Waals surface area (Å²) in [4.78, 5) is 34.4. The summed E-state index contributed by atoms with van der Waals surface area (Å²) in [6, 6.07) is 6.75. The molecule has 1 aliphatic heterocycles. The van der Waals surface area contributed by atoms with Crippen molar-refractivity contribution in [2.45, 2.75) is 12.8 Å². The number of anilines is 1. The highest BCUT2D eigenvalue weighted by Crippen LogP contribution is 2.21. The molecule has 0 spiro atoms. The summed E-state index contributed by atoms with van der Waals surface area (Å²) in [7, 11) is 0. The van der Waals surface area contributed by atoms with Gasteiger partial charge in [-0.05, 0) is 37.1 Å². The Morgan fingerprint density at radius 1 is 1.12 bits per heavy atom. The Bertz CT molecular complexity index is 713. The van der Waals surface area contributed by atoms with E-state index >= 15 is 0 Å². The van der Waals surface area contributed by atoms with Crippen molar-refractivity contribution in [3.63, 3.8) is 0 Å². The van der Waals surface area contributed by atoms with Crippen LogP contribution in [0.3, 0.4) is 0 Å². The SMILES string of the molecule is O=C(Nc1ccc(Cl)cn1)C1CCN(C(=O)c2ccncc2)CC1. The van der Waals surface area contributed by atoms with Gasteiger partial charge in [0.05, 0.1) is 5.02 Å². The molecule has 24 heavy (non-hydrogen) atoms. The zero-order chi connectivity index (χ0) is 16.9. The maximum Gasteiger partial charge on any atom is 0.253 e. The van der Waals surface area contributed by atoms with Crippen LogP contribution in [0.2, 0.25) is 5.02 Å². The Kier molecular flexibility index (Phi) is 5.05. The molecule has 1 saturated heterocycles. The molecule has 3 rings (SSSR count). The molecule has 0 saturated carbocycles. The van der Waals surface area contributed by atoms with Crippen LogP contribution in [0.4, 0.5) is 5.82 Å². The number of hydrogen-bond donors (Lipinski definition) is 1. The van der Waals surface area contributed by atoms with Crippen LogP contribution in [-0.4, -0.2) is 39.8 Å². The van der Waals surface area contributed by atoms with Crippen LogP contribution < -0.4 is 5.32 Å². The van der Waals surface area contributed by atoms with Gasteiger partial charge in [-0.2, -0.15) is 0 Å². The molecule has 3 heterocycles. The topological polar surface area (TPSA) is 75.2 Å². The van der Waals surface area contributed by atoms with Gasteiger partial charge in [-0.3, -0.25) is 14.6 Å². The number of pyridine rings is 2. The number of nitrogens with one attached hydrogen (secondary N) is 1. The number of piperidine rings is 1. The van der Waals surface area contributed by atoms with E-state index in [4.69, 9.17) is 11.6 Å². The van der Waals surface area contributed by atoms with Gasteiger partial charge in [-0.15, -0.1) is 0 Å². The van der Waals surface area contributed by atoms with Gasteiger partial charge in [-0.25, -0.2) is 4.98 Å². The zero-order valence-electron chi connectivity index (χ0n) is 13.0. The van der Waals surface area contributed by atoms with E-state index in [2.05, 4.69) is 15.3 Å². The van der Waals surface area contributed by atoms with Gasteiger partial charge in [0.2, 0.25) is 5.91 Å². The fraction of sp³-hybridized carbons (Fsp3) is 0.294. The zero-order valence-corrected chi connectivity index (χ0v) is 13.7. The summed E-state index contributed by atoms with van der Waals surface area (Å²) >= 11 is 5.78. The van der Waals surface area contributed by atoms with Crippen molar-refractivity contribution < 1.29 is 9.59 Å².